The second kappa shape index (κ2) is 6.21. The minimum atomic E-state index is -0.983. The van der Waals surface area contributed by atoms with E-state index in [0.29, 0.717) is 12.2 Å². The second-order valence-electron chi connectivity index (χ2n) is 5.15. The van der Waals surface area contributed by atoms with Gasteiger partial charge in [-0.3, -0.25) is 9.48 Å². The molecular formula is C12H20N4O3. The number of carbonyl (C=O) groups excluding carboxylic acids is 1. The van der Waals surface area contributed by atoms with Crippen molar-refractivity contribution in [2.24, 2.45) is 5.41 Å². The minimum Gasteiger partial charge on any atom is -0.480 e. The number of hydrogen-bond acceptors (Lipinski definition) is 3. The largest absolute Gasteiger partial charge is 0.480 e. The molecule has 19 heavy (non-hydrogen) atoms. The first-order chi connectivity index (χ1) is 8.82. The predicted molar refractivity (Wildman–Crippen MR) is 71.0 cm³/mol. The zero-order valence-corrected chi connectivity index (χ0v) is 11.4. The number of anilines is 1. The zero-order chi connectivity index (χ0) is 14.5. The number of aromatic nitrogens is 2. The Hall–Kier alpha value is -2.05. The molecule has 0 saturated heterocycles. The average molecular weight is 268 g/mol. The molecule has 0 bridgehead atoms. The first-order valence-corrected chi connectivity index (χ1v) is 6.11. The summed E-state index contributed by atoms with van der Waals surface area (Å²) in [6.07, 6.45) is 3.84. The Kier molecular flexibility index (Phi) is 4.91. The molecule has 2 amide bonds. The molecule has 0 saturated carbocycles. The third-order valence-corrected chi connectivity index (χ3v) is 2.87. The molecule has 0 aliphatic carbocycles. The van der Waals surface area contributed by atoms with Gasteiger partial charge in [-0.15, -0.1) is 0 Å². The number of carbonyl (C=O) groups is 2. The molecule has 0 atom stereocenters. The van der Waals surface area contributed by atoms with Crippen molar-refractivity contribution < 1.29 is 14.7 Å². The highest BCUT2D eigenvalue weighted by atomic mass is 16.4. The number of amides is 2. The fraction of sp³-hybridized carbons (Fsp3) is 0.583. The summed E-state index contributed by atoms with van der Waals surface area (Å²) in [5, 5.41) is 17.8. The normalized spacial score (nSPS) is 11.1. The Morgan fingerprint density at radius 2 is 2.16 bits per heavy atom. The van der Waals surface area contributed by atoms with E-state index in [1.807, 2.05) is 0 Å². The van der Waals surface area contributed by atoms with Crippen LogP contribution in [0.1, 0.15) is 27.2 Å². The highest BCUT2D eigenvalue weighted by Gasteiger charge is 2.16. The molecule has 7 nitrogen and oxygen atoms in total. The molecular weight excluding hydrogens is 248 g/mol. The maximum absolute atomic E-state index is 11.6. The molecule has 7 heteroatoms. The molecule has 0 aliphatic heterocycles. The van der Waals surface area contributed by atoms with Crippen molar-refractivity contribution in [3.8, 4) is 0 Å². The molecule has 1 aromatic rings. The summed E-state index contributed by atoms with van der Waals surface area (Å²) in [5.41, 5.74) is 0.512. The highest BCUT2D eigenvalue weighted by Crippen LogP contribution is 2.17. The van der Waals surface area contributed by atoms with Crippen LogP contribution in [0.5, 0.6) is 0 Å². The molecule has 106 valence electrons. The van der Waals surface area contributed by atoms with E-state index in [4.69, 9.17) is 5.11 Å². The number of nitrogens with one attached hydrogen (secondary N) is 2. The summed E-state index contributed by atoms with van der Waals surface area (Å²) < 4.78 is 1.24. The summed E-state index contributed by atoms with van der Waals surface area (Å²) in [6, 6.07) is -0.323. The van der Waals surface area contributed by atoms with E-state index in [0.717, 1.165) is 6.42 Å². The Labute approximate surface area is 112 Å². The molecule has 0 spiro atoms. The maximum atomic E-state index is 11.6. The number of carboxylic acid groups (broad SMARTS) is 1. The van der Waals surface area contributed by atoms with E-state index in [1.54, 1.807) is 0 Å². The monoisotopic (exact) mass is 268 g/mol. The Balaban J connectivity index is 2.44. The van der Waals surface area contributed by atoms with Gasteiger partial charge in [-0.25, -0.2) is 4.79 Å². The van der Waals surface area contributed by atoms with Crippen molar-refractivity contribution >= 4 is 17.7 Å². The molecule has 0 fully saturated rings. The van der Waals surface area contributed by atoms with Crippen LogP contribution in [0.4, 0.5) is 10.5 Å². The van der Waals surface area contributed by atoms with Gasteiger partial charge in [0.1, 0.15) is 6.54 Å². The lowest BCUT2D eigenvalue weighted by Crippen LogP contribution is -2.36. The van der Waals surface area contributed by atoms with Crippen LogP contribution >= 0.6 is 0 Å². The minimum absolute atomic E-state index is 0.0465. The van der Waals surface area contributed by atoms with Crippen LogP contribution < -0.4 is 10.6 Å². The van der Waals surface area contributed by atoms with Gasteiger partial charge in [0.25, 0.3) is 0 Å². The van der Waals surface area contributed by atoms with Gasteiger partial charge in [-0.1, -0.05) is 20.8 Å². The van der Waals surface area contributed by atoms with Crippen LogP contribution in [0.2, 0.25) is 0 Å². The molecule has 1 aromatic heterocycles. The number of hydrogen-bond donors (Lipinski definition) is 3. The Morgan fingerprint density at radius 3 is 2.74 bits per heavy atom. The molecule has 1 heterocycles. The lowest BCUT2D eigenvalue weighted by Gasteiger charge is -2.22. The number of carboxylic acids is 1. The quantitative estimate of drug-likeness (QED) is 0.729. The highest BCUT2D eigenvalue weighted by molar-refractivity contribution is 5.88. The lowest BCUT2D eigenvalue weighted by atomic mass is 9.90. The van der Waals surface area contributed by atoms with Crippen LogP contribution in [-0.4, -0.2) is 33.4 Å². The molecule has 3 N–H and O–H groups in total. The van der Waals surface area contributed by atoms with Gasteiger partial charge >= 0.3 is 12.0 Å². The summed E-state index contributed by atoms with van der Waals surface area (Å²) in [5.74, 6) is -0.983. The Morgan fingerprint density at radius 1 is 1.47 bits per heavy atom. The number of urea groups is 1. The van der Waals surface area contributed by atoms with Crippen molar-refractivity contribution in [3.63, 3.8) is 0 Å². The van der Waals surface area contributed by atoms with Gasteiger partial charge in [0.2, 0.25) is 0 Å². The van der Waals surface area contributed by atoms with Crippen molar-refractivity contribution in [2.75, 3.05) is 11.9 Å². The number of aliphatic carboxylic acids is 1. The number of nitrogens with zero attached hydrogens (tertiary/aromatic N) is 2. The van der Waals surface area contributed by atoms with Crippen LogP contribution in [0.15, 0.2) is 12.4 Å². The smallest absolute Gasteiger partial charge is 0.325 e. The third kappa shape index (κ3) is 5.41. The maximum Gasteiger partial charge on any atom is 0.325 e. The van der Waals surface area contributed by atoms with Gasteiger partial charge in [0.05, 0.1) is 11.9 Å². The van der Waals surface area contributed by atoms with Crippen LogP contribution in [0.25, 0.3) is 0 Å². The van der Waals surface area contributed by atoms with Gasteiger partial charge in [-0.2, -0.15) is 5.10 Å². The lowest BCUT2D eigenvalue weighted by molar-refractivity contribution is -0.137. The third-order valence-electron chi connectivity index (χ3n) is 2.87. The van der Waals surface area contributed by atoms with Crippen LogP contribution in [0, 0.1) is 5.41 Å². The summed E-state index contributed by atoms with van der Waals surface area (Å²) in [7, 11) is 0. The molecule has 1 rings (SSSR count). The predicted octanol–water partition coefficient (Wildman–Crippen LogP) is 1.53. The standard InChI is InChI=1S/C12H20N4O3/c1-4-12(2,3)8-13-11(19)15-9-5-14-16(6-9)7-10(17)18/h5-6H,4,7-8H2,1-3H3,(H,17,18)(H2,13,15,19). The molecule has 0 aromatic carbocycles. The number of rotatable bonds is 6. The summed E-state index contributed by atoms with van der Waals surface area (Å²) in [4.78, 5) is 22.1. The fourth-order valence-corrected chi connectivity index (χ4v) is 1.27. The van der Waals surface area contributed by atoms with Crippen molar-refractivity contribution in [2.45, 2.75) is 33.7 Å². The first kappa shape index (κ1) is 15.0. The van der Waals surface area contributed by atoms with Crippen molar-refractivity contribution in [1.29, 1.82) is 0 Å². The fourth-order valence-electron chi connectivity index (χ4n) is 1.27. The second-order valence-corrected chi connectivity index (χ2v) is 5.15. The van der Waals surface area contributed by atoms with E-state index >= 15 is 0 Å². The summed E-state index contributed by atoms with van der Waals surface area (Å²) in [6.45, 7) is 6.54. The summed E-state index contributed by atoms with van der Waals surface area (Å²) >= 11 is 0. The van der Waals surface area contributed by atoms with Gasteiger partial charge < -0.3 is 15.7 Å². The topological polar surface area (TPSA) is 96.3 Å². The first-order valence-electron chi connectivity index (χ1n) is 6.11. The zero-order valence-electron chi connectivity index (χ0n) is 11.4. The van der Waals surface area contributed by atoms with E-state index in [1.165, 1.54) is 17.1 Å². The molecule has 0 radical (unpaired) electrons. The molecule has 0 aliphatic rings. The van der Waals surface area contributed by atoms with Crippen molar-refractivity contribution in [3.05, 3.63) is 12.4 Å². The van der Waals surface area contributed by atoms with Gasteiger partial charge in [0, 0.05) is 12.7 Å². The van der Waals surface area contributed by atoms with Gasteiger partial charge in [-0.05, 0) is 11.8 Å². The van der Waals surface area contributed by atoms with Crippen molar-refractivity contribution in [1.82, 2.24) is 15.1 Å². The molecule has 0 unspecified atom stereocenters. The van der Waals surface area contributed by atoms with Gasteiger partial charge in [0.15, 0.2) is 0 Å². The van der Waals surface area contributed by atoms with E-state index in [2.05, 4.69) is 36.5 Å². The van der Waals surface area contributed by atoms with E-state index in [-0.39, 0.29) is 18.0 Å². The van der Waals surface area contributed by atoms with E-state index in [9.17, 15) is 9.59 Å². The van der Waals surface area contributed by atoms with Crippen LogP contribution in [-0.2, 0) is 11.3 Å². The average Bonchev–Trinajstić information content (AvgIpc) is 2.73. The SMILES string of the molecule is CCC(C)(C)CNC(=O)Nc1cnn(CC(=O)O)c1. The van der Waals surface area contributed by atoms with Crippen LogP contribution in [0.3, 0.4) is 0 Å². The van der Waals surface area contributed by atoms with E-state index < -0.39 is 5.97 Å². The Bertz CT molecular complexity index is 454.